The highest BCUT2D eigenvalue weighted by atomic mass is 16.1. The summed E-state index contributed by atoms with van der Waals surface area (Å²) in [6, 6.07) is 2.28. The number of pyridine rings is 1. The van der Waals surface area contributed by atoms with Gasteiger partial charge in [0.15, 0.2) is 0 Å². The average Bonchev–Trinajstić information content (AvgIpc) is 3.10. The second-order valence-electron chi connectivity index (χ2n) is 4.58. The van der Waals surface area contributed by atoms with Gasteiger partial charge in [0.1, 0.15) is 0 Å². The molecule has 1 fully saturated rings. The Morgan fingerprint density at radius 3 is 3.00 bits per heavy atom. The lowest BCUT2D eigenvalue weighted by Gasteiger charge is -2.05. The van der Waals surface area contributed by atoms with Crippen molar-refractivity contribution in [1.29, 1.82) is 0 Å². The molecular weight excluding hydrogens is 228 g/mol. The van der Waals surface area contributed by atoms with Crippen LogP contribution in [0.4, 0.5) is 5.69 Å². The molecule has 0 saturated heterocycles. The normalized spacial score (nSPS) is 14.5. The maximum atomic E-state index is 12.0. The van der Waals surface area contributed by atoms with E-state index >= 15 is 0 Å². The fourth-order valence-corrected chi connectivity index (χ4v) is 1.80. The van der Waals surface area contributed by atoms with Gasteiger partial charge in [0.25, 0.3) is 5.91 Å². The van der Waals surface area contributed by atoms with Crippen molar-refractivity contribution < 1.29 is 4.79 Å². The molecule has 0 spiro atoms. The van der Waals surface area contributed by atoms with E-state index < -0.39 is 0 Å². The summed E-state index contributed by atoms with van der Waals surface area (Å²) in [5.74, 6) is -0.129. The molecule has 1 aliphatic carbocycles. The van der Waals surface area contributed by atoms with Crippen LogP contribution in [0, 0.1) is 6.92 Å². The van der Waals surface area contributed by atoms with Gasteiger partial charge < -0.3 is 5.32 Å². The number of carbonyl (C=O) groups excluding carboxylic acids is 1. The fraction of sp³-hybridized carbons (Fsp3) is 0.308. The van der Waals surface area contributed by atoms with Gasteiger partial charge in [0, 0.05) is 24.3 Å². The number of amides is 1. The number of aryl methyl sites for hydroxylation is 1. The lowest BCUT2D eigenvalue weighted by molar-refractivity contribution is 0.102. The van der Waals surface area contributed by atoms with Gasteiger partial charge in [-0.1, -0.05) is 0 Å². The molecule has 18 heavy (non-hydrogen) atoms. The zero-order chi connectivity index (χ0) is 12.5. The van der Waals surface area contributed by atoms with Crippen molar-refractivity contribution in [2.24, 2.45) is 0 Å². The zero-order valence-electron chi connectivity index (χ0n) is 10.1. The molecule has 0 unspecified atom stereocenters. The maximum Gasteiger partial charge on any atom is 0.258 e. The average molecular weight is 242 g/mol. The van der Waals surface area contributed by atoms with E-state index in [1.165, 1.54) is 0 Å². The van der Waals surface area contributed by atoms with E-state index in [2.05, 4.69) is 15.4 Å². The Morgan fingerprint density at radius 1 is 1.44 bits per heavy atom. The van der Waals surface area contributed by atoms with Crippen molar-refractivity contribution in [2.45, 2.75) is 25.8 Å². The first-order valence-electron chi connectivity index (χ1n) is 6.00. The Hall–Kier alpha value is -2.17. The van der Waals surface area contributed by atoms with Crippen molar-refractivity contribution >= 4 is 11.6 Å². The molecule has 2 heterocycles. The minimum Gasteiger partial charge on any atom is -0.322 e. The zero-order valence-corrected chi connectivity index (χ0v) is 10.1. The molecule has 0 atom stereocenters. The topological polar surface area (TPSA) is 59.8 Å². The second-order valence-corrected chi connectivity index (χ2v) is 4.58. The van der Waals surface area contributed by atoms with Crippen molar-refractivity contribution in [3.63, 3.8) is 0 Å². The van der Waals surface area contributed by atoms with Gasteiger partial charge in [-0.15, -0.1) is 0 Å². The first kappa shape index (κ1) is 11.0. The monoisotopic (exact) mass is 242 g/mol. The number of hydrogen-bond donors (Lipinski definition) is 1. The lowest BCUT2D eigenvalue weighted by atomic mass is 10.2. The third-order valence-corrected chi connectivity index (χ3v) is 3.05. The number of carbonyl (C=O) groups is 1. The van der Waals surface area contributed by atoms with Gasteiger partial charge in [0.05, 0.1) is 17.8 Å². The Balaban J connectivity index is 1.76. The summed E-state index contributed by atoms with van der Waals surface area (Å²) in [4.78, 5) is 16.0. The first-order chi connectivity index (χ1) is 8.74. The second kappa shape index (κ2) is 4.25. The Bertz CT molecular complexity index is 586. The number of nitrogens with zero attached hydrogens (tertiary/aromatic N) is 3. The number of hydrogen-bond acceptors (Lipinski definition) is 3. The van der Waals surface area contributed by atoms with Gasteiger partial charge in [-0.25, -0.2) is 0 Å². The smallest absolute Gasteiger partial charge is 0.258 e. The molecule has 5 nitrogen and oxygen atoms in total. The maximum absolute atomic E-state index is 12.0. The predicted octanol–water partition coefficient (Wildman–Crippen LogP) is 2.17. The SMILES string of the molecule is Cc1cnccc1NC(=O)c1cnn(C2CC2)c1. The minimum absolute atomic E-state index is 0.129. The van der Waals surface area contributed by atoms with Gasteiger partial charge in [-0.05, 0) is 31.4 Å². The summed E-state index contributed by atoms with van der Waals surface area (Å²) in [7, 11) is 0. The molecule has 0 aliphatic heterocycles. The van der Waals surface area contributed by atoms with Crippen LogP contribution >= 0.6 is 0 Å². The van der Waals surface area contributed by atoms with Crippen molar-refractivity contribution in [2.75, 3.05) is 5.32 Å². The van der Waals surface area contributed by atoms with Gasteiger partial charge >= 0.3 is 0 Å². The number of aromatic nitrogens is 3. The van der Waals surface area contributed by atoms with E-state index in [0.29, 0.717) is 11.6 Å². The largest absolute Gasteiger partial charge is 0.322 e. The Kier molecular flexibility index (Phi) is 2.59. The van der Waals surface area contributed by atoms with E-state index in [-0.39, 0.29) is 5.91 Å². The van der Waals surface area contributed by atoms with E-state index in [0.717, 1.165) is 24.1 Å². The summed E-state index contributed by atoms with van der Waals surface area (Å²) < 4.78 is 1.87. The standard InChI is InChI=1S/C13H14N4O/c1-9-6-14-5-4-12(9)16-13(18)10-7-15-17(8-10)11-2-3-11/h4-8,11H,2-3H2,1H3,(H,14,16,18). The van der Waals surface area contributed by atoms with Gasteiger partial charge in [0.2, 0.25) is 0 Å². The minimum atomic E-state index is -0.129. The highest BCUT2D eigenvalue weighted by Gasteiger charge is 2.25. The highest BCUT2D eigenvalue weighted by molar-refractivity contribution is 6.04. The van der Waals surface area contributed by atoms with Crippen LogP contribution in [0.2, 0.25) is 0 Å². The fourth-order valence-electron chi connectivity index (χ4n) is 1.80. The molecule has 2 aromatic heterocycles. The first-order valence-corrected chi connectivity index (χ1v) is 6.00. The molecule has 0 aromatic carbocycles. The van der Waals surface area contributed by atoms with Crippen LogP contribution in [0.25, 0.3) is 0 Å². The Morgan fingerprint density at radius 2 is 2.28 bits per heavy atom. The molecule has 1 amide bonds. The van der Waals surface area contributed by atoms with E-state index in [1.807, 2.05) is 17.8 Å². The highest BCUT2D eigenvalue weighted by Crippen LogP contribution is 2.34. The number of rotatable bonds is 3. The van der Waals surface area contributed by atoms with Gasteiger partial charge in [-0.3, -0.25) is 14.5 Å². The third kappa shape index (κ3) is 2.11. The summed E-state index contributed by atoms with van der Waals surface area (Å²) in [5, 5.41) is 7.07. The summed E-state index contributed by atoms with van der Waals surface area (Å²) in [6.07, 6.45) is 9.13. The summed E-state index contributed by atoms with van der Waals surface area (Å²) in [6.45, 7) is 1.91. The Labute approximate surface area is 105 Å². The quantitative estimate of drug-likeness (QED) is 0.897. The summed E-state index contributed by atoms with van der Waals surface area (Å²) in [5.41, 5.74) is 2.33. The molecule has 3 rings (SSSR count). The lowest BCUT2D eigenvalue weighted by Crippen LogP contribution is -2.12. The molecular formula is C13H14N4O. The van der Waals surface area contributed by atoms with Crippen molar-refractivity contribution in [1.82, 2.24) is 14.8 Å². The molecule has 5 heteroatoms. The van der Waals surface area contributed by atoms with E-state index in [9.17, 15) is 4.79 Å². The van der Waals surface area contributed by atoms with Crippen LogP contribution in [0.15, 0.2) is 30.9 Å². The van der Waals surface area contributed by atoms with Crippen LogP contribution in [-0.4, -0.2) is 20.7 Å². The van der Waals surface area contributed by atoms with Crippen LogP contribution in [0.1, 0.15) is 34.8 Å². The molecule has 2 aromatic rings. The summed E-state index contributed by atoms with van der Waals surface area (Å²) >= 11 is 0. The molecule has 0 radical (unpaired) electrons. The number of nitrogens with one attached hydrogen (secondary N) is 1. The van der Waals surface area contributed by atoms with Crippen LogP contribution in [-0.2, 0) is 0 Å². The van der Waals surface area contributed by atoms with E-state index in [1.54, 1.807) is 24.7 Å². The van der Waals surface area contributed by atoms with Crippen LogP contribution < -0.4 is 5.32 Å². The third-order valence-electron chi connectivity index (χ3n) is 3.05. The van der Waals surface area contributed by atoms with Crippen LogP contribution in [0.3, 0.4) is 0 Å². The van der Waals surface area contributed by atoms with Crippen LogP contribution in [0.5, 0.6) is 0 Å². The molecule has 92 valence electrons. The molecule has 1 saturated carbocycles. The molecule has 0 bridgehead atoms. The molecule has 1 aliphatic rings. The molecule has 1 N–H and O–H groups in total. The van der Waals surface area contributed by atoms with E-state index in [4.69, 9.17) is 0 Å². The van der Waals surface area contributed by atoms with Gasteiger partial charge in [-0.2, -0.15) is 5.10 Å². The van der Waals surface area contributed by atoms with Crippen molar-refractivity contribution in [3.8, 4) is 0 Å². The van der Waals surface area contributed by atoms with Crippen molar-refractivity contribution in [3.05, 3.63) is 42.0 Å². The predicted molar refractivity (Wildman–Crippen MR) is 67.4 cm³/mol. The number of anilines is 1.